The Bertz CT molecular complexity index is 988. The van der Waals surface area contributed by atoms with Gasteiger partial charge in [-0.2, -0.15) is 0 Å². The molecule has 0 aliphatic heterocycles. The molecule has 0 heterocycles. The highest BCUT2D eigenvalue weighted by atomic mass is 32.2. The molecular weight excluding hydrogens is 432 g/mol. The number of amides is 1. The van der Waals surface area contributed by atoms with Crippen molar-refractivity contribution in [2.75, 3.05) is 36.1 Å². The second-order valence-electron chi connectivity index (χ2n) is 7.25. The van der Waals surface area contributed by atoms with E-state index in [4.69, 9.17) is 9.47 Å². The van der Waals surface area contributed by atoms with Crippen LogP contribution in [0.4, 0.5) is 11.4 Å². The fourth-order valence-electron chi connectivity index (χ4n) is 2.92. The number of rotatable bonds is 12. The van der Waals surface area contributed by atoms with Gasteiger partial charge < -0.3 is 14.8 Å². The van der Waals surface area contributed by atoms with Crippen LogP contribution in [0.5, 0.6) is 5.75 Å². The number of ether oxygens (including phenoxy) is 2. The van der Waals surface area contributed by atoms with Crippen molar-refractivity contribution in [3.05, 3.63) is 54.1 Å². The van der Waals surface area contributed by atoms with Gasteiger partial charge >= 0.3 is 5.97 Å². The Balaban J connectivity index is 1.87. The highest BCUT2D eigenvalue weighted by Gasteiger charge is 2.18. The summed E-state index contributed by atoms with van der Waals surface area (Å²) in [6.45, 7) is 2.57. The first-order valence-corrected chi connectivity index (χ1v) is 12.3. The number of carbonyl (C=O) groups is 2. The minimum Gasteiger partial charge on any atom is -0.497 e. The van der Waals surface area contributed by atoms with E-state index in [0.29, 0.717) is 35.7 Å². The third-order valence-corrected chi connectivity index (χ3v) is 5.86. The molecule has 0 aliphatic rings. The predicted molar refractivity (Wildman–Crippen MR) is 125 cm³/mol. The molecule has 1 N–H and O–H groups in total. The van der Waals surface area contributed by atoms with E-state index in [0.717, 1.165) is 19.1 Å². The molecule has 174 valence electrons. The number of anilines is 2. The van der Waals surface area contributed by atoms with Crippen molar-refractivity contribution in [2.24, 2.45) is 0 Å². The van der Waals surface area contributed by atoms with Crippen molar-refractivity contribution < 1.29 is 27.5 Å². The normalized spacial score (nSPS) is 11.0. The zero-order valence-electron chi connectivity index (χ0n) is 18.7. The molecule has 32 heavy (non-hydrogen) atoms. The van der Waals surface area contributed by atoms with Gasteiger partial charge in [0.25, 0.3) is 0 Å². The maximum Gasteiger partial charge on any atom is 0.338 e. The van der Waals surface area contributed by atoms with Gasteiger partial charge in [0.05, 0.1) is 31.2 Å². The van der Waals surface area contributed by atoms with E-state index in [9.17, 15) is 18.0 Å². The quantitative estimate of drug-likeness (QED) is 0.380. The molecule has 0 saturated heterocycles. The number of hydrogen-bond acceptors (Lipinski definition) is 6. The van der Waals surface area contributed by atoms with Gasteiger partial charge in [-0.25, -0.2) is 13.2 Å². The number of nitrogens with one attached hydrogen (secondary N) is 1. The van der Waals surface area contributed by atoms with Crippen LogP contribution in [-0.2, 0) is 19.6 Å². The molecule has 0 radical (unpaired) electrons. The summed E-state index contributed by atoms with van der Waals surface area (Å²) in [6, 6.07) is 13.2. The standard InChI is InChI=1S/C23H30N2O6S/c1-4-5-17-31-23(27)18-8-10-19(11-9-18)24-22(26)7-6-16-25(32(3,28)29)20-12-14-21(30-2)15-13-20/h8-15H,4-7,16-17H2,1-3H3,(H,24,26). The molecule has 1 amide bonds. The first-order valence-electron chi connectivity index (χ1n) is 10.4. The molecular formula is C23H30N2O6S. The van der Waals surface area contributed by atoms with Gasteiger partial charge in [0.2, 0.25) is 15.9 Å². The van der Waals surface area contributed by atoms with E-state index < -0.39 is 16.0 Å². The first kappa shape index (κ1) is 25.2. The van der Waals surface area contributed by atoms with Gasteiger partial charge in [0.1, 0.15) is 5.75 Å². The van der Waals surface area contributed by atoms with E-state index in [1.54, 1.807) is 48.5 Å². The van der Waals surface area contributed by atoms with Crippen LogP contribution in [0.2, 0.25) is 0 Å². The number of methoxy groups -OCH3 is 1. The average Bonchev–Trinajstić information content (AvgIpc) is 2.76. The number of unbranched alkanes of at least 4 members (excludes halogenated alkanes) is 1. The summed E-state index contributed by atoms with van der Waals surface area (Å²) in [5.74, 6) is -0.0102. The summed E-state index contributed by atoms with van der Waals surface area (Å²) in [5.41, 5.74) is 1.48. The molecule has 0 bridgehead atoms. The Morgan fingerprint density at radius 3 is 2.22 bits per heavy atom. The maximum atomic E-state index is 12.3. The molecule has 0 unspecified atom stereocenters. The zero-order valence-corrected chi connectivity index (χ0v) is 19.5. The summed E-state index contributed by atoms with van der Waals surface area (Å²) in [7, 11) is -1.96. The molecule has 9 heteroatoms. The van der Waals surface area contributed by atoms with E-state index in [1.165, 1.54) is 11.4 Å². The fourth-order valence-corrected chi connectivity index (χ4v) is 3.89. The van der Waals surface area contributed by atoms with Gasteiger partial charge in [-0.15, -0.1) is 0 Å². The number of benzene rings is 2. The Hall–Kier alpha value is -3.07. The summed E-state index contributed by atoms with van der Waals surface area (Å²) in [5, 5.41) is 2.75. The SMILES string of the molecule is CCCCOC(=O)c1ccc(NC(=O)CCCN(c2ccc(OC)cc2)S(C)(=O)=O)cc1. The highest BCUT2D eigenvalue weighted by molar-refractivity contribution is 7.92. The largest absolute Gasteiger partial charge is 0.497 e. The van der Waals surface area contributed by atoms with Gasteiger partial charge in [0.15, 0.2) is 0 Å². The summed E-state index contributed by atoms with van der Waals surface area (Å²) in [6.07, 6.45) is 3.37. The van der Waals surface area contributed by atoms with Crippen LogP contribution < -0.4 is 14.4 Å². The van der Waals surface area contributed by atoms with Crippen LogP contribution in [0, 0.1) is 0 Å². The number of nitrogens with zero attached hydrogens (tertiary/aromatic N) is 1. The third kappa shape index (κ3) is 7.88. The van der Waals surface area contributed by atoms with Crippen molar-refractivity contribution in [3.8, 4) is 5.75 Å². The highest BCUT2D eigenvalue weighted by Crippen LogP contribution is 2.22. The molecule has 0 fully saturated rings. The molecule has 0 aliphatic carbocycles. The molecule has 2 aromatic rings. The van der Waals surface area contributed by atoms with Gasteiger partial charge in [-0.3, -0.25) is 9.10 Å². The first-order chi connectivity index (χ1) is 15.2. The monoisotopic (exact) mass is 462 g/mol. The average molecular weight is 463 g/mol. The maximum absolute atomic E-state index is 12.3. The Kier molecular flexibility index (Phi) is 9.52. The van der Waals surface area contributed by atoms with Crippen LogP contribution in [0.1, 0.15) is 43.0 Å². The van der Waals surface area contributed by atoms with Crippen molar-refractivity contribution >= 4 is 33.3 Å². The van der Waals surface area contributed by atoms with Crippen molar-refractivity contribution in [1.82, 2.24) is 0 Å². The second kappa shape index (κ2) is 12.1. The van der Waals surface area contributed by atoms with Gasteiger partial charge in [0, 0.05) is 18.7 Å². The second-order valence-corrected chi connectivity index (χ2v) is 9.16. The zero-order chi connectivity index (χ0) is 23.6. The Morgan fingerprint density at radius 1 is 1.00 bits per heavy atom. The summed E-state index contributed by atoms with van der Waals surface area (Å²) >= 11 is 0. The van der Waals surface area contributed by atoms with E-state index >= 15 is 0 Å². The Labute approximate surface area is 189 Å². The molecule has 2 aromatic carbocycles. The lowest BCUT2D eigenvalue weighted by Gasteiger charge is -2.22. The molecule has 0 saturated carbocycles. The van der Waals surface area contributed by atoms with E-state index in [1.807, 2.05) is 6.92 Å². The van der Waals surface area contributed by atoms with E-state index in [2.05, 4.69) is 5.32 Å². The topological polar surface area (TPSA) is 102 Å². The lowest BCUT2D eigenvalue weighted by molar-refractivity contribution is -0.116. The van der Waals surface area contributed by atoms with Crippen LogP contribution in [-0.4, -0.2) is 46.8 Å². The van der Waals surface area contributed by atoms with E-state index in [-0.39, 0.29) is 18.9 Å². The lowest BCUT2D eigenvalue weighted by Crippen LogP contribution is -2.31. The fraction of sp³-hybridized carbons (Fsp3) is 0.391. The molecule has 0 aromatic heterocycles. The number of esters is 1. The molecule has 2 rings (SSSR count). The number of sulfonamides is 1. The van der Waals surface area contributed by atoms with Gasteiger partial charge in [-0.05, 0) is 61.4 Å². The van der Waals surface area contributed by atoms with Crippen molar-refractivity contribution in [3.63, 3.8) is 0 Å². The summed E-state index contributed by atoms with van der Waals surface area (Å²) in [4.78, 5) is 24.2. The molecule has 8 nitrogen and oxygen atoms in total. The van der Waals surface area contributed by atoms with Crippen LogP contribution >= 0.6 is 0 Å². The smallest absolute Gasteiger partial charge is 0.338 e. The van der Waals surface area contributed by atoms with Crippen LogP contribution in [0.15, 0.2) is 48.5 Å². The summed E-state index contributed by atoms with van der Waals surface area (Å²) < 4.78 is 35.9. The number of carbonyl (C=O) groups excluding carboxylic acids is 2. The van der Waals surface area contributed by atoms with Crippen LogP contribution in [0.3, 0.4) is 0 Å². The lowest BCUT2D eigenvalue weighted by atomic mass is 10.2. The van der Waals surface area contributed by atoms with Gasteiger partial charge in [-0.1, -0.05) is 13.3 Å². The van der Waals surface area contributed by atoms with Crippen molar-refractivity contribution in [1.29, 1.82) is 0 Å². The predicted octanol–water partition coefficient (Wildman–Crippen LogP) is 3.84. The third-order valence-electron chi connectivity index (χ3n) is 4.66. The minimum absolute atomic E-state index is 0.142. The number of hydrogen-bond donors (Lipinski definition) is 1. The molecule has 0 spiro atoms. The molecule has 0 atom stereocenters. The minimum atomic E-state index is -3.50. The van der Waals surface area contributed by atoms with Crippen molar-refractivity contribution in [2.45, 2.75) is 32.6 Å². The van der Waals surface area contributed by atoms with Crippen LogP contribution in [0.25, 0.3) is 0 Å². The Morgan fingerprint density at radius 2 is 1.66 bits per heavy atom.